The molecule has 0 aliphatic heterocycles. The van der Waals surface area contributed by atoms with E-state index in [1.807, 2.05) is 24.5 Å². The highest BCUT2D eigenvalue weighted by atomic mass is 32.1. The highest BCUT2D eigenvalue weighted by Gasteiger charge is 2.14. The number of hydrogen-bond acceptors (Lipinski definition) is 3. The summed E-state index contributed by atoms with van der Waals surface area (Å²) >= 11 is 1.81. The zero-order valence-electron chi connectivity index (χ0n) is 11.5. The monoisotopic (exact) mass is 282 g/mol. The quantitative estimate of drug-likeness (QED) is 0.769. The molecule has 1 heterocycles. The van der Waals surface area contributed by atoms with Crippen molar-refractivity contribution >= 4 is 21.6 Å². The molecular weight excluding hydrogens is 264 g/mol. The molecule has 102 valence electrons. The number of hydrogen-bond donors (Lipinski definition) is 1. The molecule has 0 aliphatic rings. The summed E-state index contributed by atoms with van der Waals surface area (Å²) in [6.07, 6.45) is 0.990. The van der Waals surface area contributed by atoms with Crippen molar-refractivity contribution in [3.8, 4) is 0 Å². The maximum absolute atomic E-state index is 4.75. The minimum absolute atomic E-state index is 0.474. The highest BCUT2D eigenvalue weighted by molar-refractivity contribution is 7.18. The van der Waals surface area contributed by atoms with Crippen molar-refractivity contribution in [1.29, 1.82) is 0 Å². The second-order valence-electron chi connectivity index (χ2n) is 4.94. The van der Waals surface area contributed by atoms with Gasteiger partial charge in [-0.15, -0.1) is 11.3 Å². The van der Waals surface area contributed by atoms with Gasteiger partial charge in [-0.25, -0.2) is 4.98 Å². The molecule has 20 heavy (non-hydrogen) atoms. The predicted molar refractivity (Wildman–Crippen MR) is 86.4 cm³/mol. The highest BCUT2D eigenvalue weighted by Crippen LogP contribution is 2.27. The van der Waals surface area contributed by atoms with Crippen LogP contribution in [0.4, 0.5) is 0 Å². The summed E-state index contributed by atoms with van der Waals surface area (Å²) in [5.74, 6) is 0.474. The Kier molecular flexibility index (Phi) is 4.09. The van der Waals surface area contributed by atoms with Gasteiger partial charge in [0.15, 0.2) is 0 Å². The lowest BCUT2D eigenvalue weighted by atomic mass is 9.96. The van der Waals surface area contributed by atoms with Crippen LogP contribution >= 0.6 is 11.3 Å². The van der Waals surface area contributed by atoms with Crippen molar-refractivity contribution in [2.75, 3.05) is 13.6 Å². The summed E-state index contributed by atoms with van der Waals surface area (Å²) in [5.41, 5.74) is 2.49. The van der Waals surface area contributed by atoms with Crippen molar-refractivity contribution in [3.05, 3.63) is 65.2 Å². The molecule has 1 atom stereocenters. The van der Waals surface area contributed by atoms with E-state index in [0.29, 0.717) is 5.92 Å². The average molecular weight is 282 g/mol. The molecule has 0 amide bonds. The Morgan fingerprint density at radius 2 is 1.80 bits per heavy atom. The van der Waals surface area contributed by atoms with Gasteiger partial charge in [-0.05, 0) is 24.7 Å². The van der Waals surface area contributed by atoms with E-state index >= 15 is 0 Å². The van der Waals surface area contributed by atoms with Gasteiger partial charge in [-0.2, -0.15) is 0 Å². The second kappa shape index (κ2) is 6.16. The van der Waals surface area contributed by atoms with Gasteiger partial charge in [0.2, 0.25) is 0 Å². The van der Waals surface area contributed by atoms with Gasteiger partial charge in [-0.1, -0.05) is 42.5 Å². The minimum atomic E-state index is 0.474. The number of nitrogens with zero attached hydrogens (tertiary/aromatic N) is 1. The summed E-state index contributed by atoms with van der Waals surface area (Å²) in [6, 6.07) is 19.0. The minimum Gasteiger partial charge on any atom is -0.319 e. The van der Waals surface area contributed by atoms with Crippen molar-refractivity contribution < 1.29 is 0 Å². The number of fused-ring (bicyclic) bond motifs is 1. The topological polar surface area (TPSA) is 24.9 Å². The van der Waals surface area contributed by atoms with Gasteiger partial charge in [-0.3, -0.25) is 0 Å². The van der Waals surface area contributed by atoms with E-state index < -0.39 is 0 Å². The summed E-state index contributed by atoms with van der Waals surface area (Å²) in [4.78, 5) is 4.75. The van der Waals surface area contributed by atoms with Crippen molar-refractivity contribution in [3.63, 3.8) is 0 Å². The van der Waals surface area contributed by atoms with Crippen LogP contribution in [0.3, 0.4) is 0 Å². The largest absolute Gasteiger partial charge is 0.319 e. The van der Waals surface area contributed by atoms with Crippen LogP contribution in [-0.4, -0.2) is 18.6 Å². The molecule has 3 rings (SSSR count). The van der Waals surface area contributed by atoms with Crippen molar-refractivity contribution in [1.82, 2.24) is 10.3 Å². The molecule has 2 nitrogen and oxygen atoms in total. The van der Waals surface area contributed by atoms with Gasteiger partial charge in [0.25, 0.3) is 0 Å². The first-order valence-corrected chi connectivity index (χ1v) is 7.72. The smallest absolute Gasteiger partial charge is 0.0945 e. The van der Waals surface area contributed by atoms with Crippen LogP contribution in [0.1, 0.15) is 16.5 Å². The fourth-order valence-electron chi connectivity index (χ4n) is 2.50. The van der Waals surface area contributed by atoms with Crippen LogP contribution in [0.25, 0.3) is 10.2 Å². The molecule has 0 aliphatic carbocycles. The average Bonchev–Trinajstić information content (AvgIpc) is 2.90. The maximum atomic E-state index is 4.75. The molecule has 3 heteroatoms. The number of rotatable bonds is 5. The summed E-state index contributed by atoms with van der Waals surface area (Å²) < 4.78 is 1.28. The molecule has 2 aromatic carbocycles. The van der Waals surface area contributed by atoms with Gasteiger partial charge >= 0.3 is 0 Å². The van der Waals surface area contributed by atoms with Gasteiger partial charge in [0, 0.05) is 18.9 Å². The Balaban J connectivity index is 1.86. The van der Waals surface area contributed by atoms with Crippen molar-refractivity contribution in [2.45, 2.75) is 12.3 Å². The Hall–Kier alpha value is -1.71. The SMILES string of the molecule is CNCC(Cc1nc2ccccc2s1)c1ccccc1. The van der Waals surface area contributed by atoms with Crippen molar-refractivity contribution in [2.24, 2.45) is 0 Å². The van der Waals surface area contributed by atoms with E-state index in [9.17, 15) is 0 Å². The van der Waals surface area contributed by atoms with Crippen LogP contribution < -0.4 is 5.32 Å². The number of likely N-dealkylation sites (N-methyl/N-ethyl adjacent to an activating group) is 1. The third kappa shape index (κ3) is 2.89. The Morgan fingerprint density at radius 1 is 1.05 bits per heavy atom. The molecule has 1 N–H and O–H groups in total. The number of thiazole rings is 1. The van der Waals surface area contributed by atoms with Crippen LogP contribution in [0.2, 0.25) is 0 Å². The van der Waals surface area contributed by atoms with Gasteiger partial charge in [0.05, 0.1) is 15.2 Å². The summed E-state index contributed by atoms with van der Waals surface area (Å²) in [6.45, 7) is 0.972. The third-order valence-electron chi connectivity index (χ3n) is 3.48. The Labute approximate surface area is 123 Å². The number of aromatic nitrogens is 1. The molecule has 3 aromatic rings. The first-order chi connectivity index (χ1) is 9.86. The fourth-order valence-corrected chi connectivity index (χ4v) is 3.54. The fraction of sp³-hybridized carbons (Fsp3) is 0.235. The Bertz CT molecular complexity index is 643. The second-order valence-corrected chi connectivity index (χ2v) is 6.06. The predicted octanol–water partition coefficient (Wildman–Crippen LogP) is 3.84. The molecule has 1 unspecified atom stereocenters. The van der Waals surface area contributed by atoms with E-state index in [1.165, 1.54) is 15.3 Å². The molecule has 0 radical (unpaired) electrons. The lowest BCUT2D eigenvalue weighted by Gasteiger charge is -2.15. The Morgan fingerprint density at radius 3 is 2.55 bits per heavy atom. The normalized spacial score (nSPS) is 12.7. The maximum Gasteiger partial charge on any atom is 0.0945 e. The van der Waals surface area contributed by atoms with Gasteiger partial charge in [0.1, 0.15) is 0 Å². The molecule has 0 bridgehead atoms. The number of nitrogens with one attached hydrogen (secondary N) is 1. The molecule has 0 fully saturated rings. The summed E-state index contributed by atoms with van der Waals surface area (Å²) in [5, 5.41) is 4.52. The molecule has 0 saturated heterocycles. The summed E-state index contributed by atoms with van der Waals surface area (Å²) in [7, 11) is 2.01. The van der Waals surface area contributed by atoms with E-state index in [4.69, 9.17) is 4.98 Å². The van der Waals surface area contributed by atoms with E-state index in [-0.39, 0.29) is 0 Å². The van der Waals surface area contributed by atoms with Gasteiger partial charge < -0.3 is 5.32 Å². The number of para-hydroxylation sites is 1. The van der Waals surface area contributed by atoms with Crippen LogP contribution in [0.15, 0.2) is 54.6 Å². The third-order valence-corrected chi connectivity index (χ3v) is 4.54. The molecule has 1 aromatic heterocycles. The van der Waals surface area contributed by atoms with E-state index in [0.717, 1.165) is 18.5 Å². The molecule has 0 saturated carbocycles. The van der Waals surface area contributed by atoms with Crippen LogP contribution in [-0.2, 0) is 6.42 Å². The zero-order valence-corrected chi connectivity index (χ0v) is 12.4. The van der Waals surface area contributed by atoms with Crippen LogP contribution in [0, 0.1) is 0 Å². The lowest BCUT2D eigenvalue weighted by molar-refractivity contribution is 0.624. The van der Waals surface area contributed by atoms with E-state index in [1.54, 1.807) is 0 Å². The zero-order chi connectivity index (χ0) is 13.8. The van der Waals surface area contributed by atoms with E-state index in [2.05, 4.69) is 53.8 Å². The number of benzene rings is 2. The first-order valence-electron chi connectivity index (χ1n) is 6.91. The van der Waals surface area contributed by atoms with Crippen LogP contribution in [0.5, 0.6) is 0 Å². The lowest BCUT2D eigenvalue weighted by Crippen LogP contribution is -2.19. The molecular formula is C17H18N2S. The standard InChI is InChI=1S/C17H18N2S/c1-18-12-14(13-7-3-2-4-8-13)11-17-19-15-9-5-6-10-16(15)20-17/h2-10,14,18H,11-12H2,1H3. The first kappa shape index (κ1) is 13.3. The molecule has 0 spiro atoms.